The minimum Gasteiger partial charge on any atom is -0.350 e. The summed E-state index contributed by atoms with van der Waals surface area (Å²) in [6.07, 6.45) is 5.22. The van der Waals surface area contributed by atoms with Crippen LogP contribution in [0.4, 0.5) is 0 Å². The summed E-state index contributed by atoms with van der Waals surface area (Å²) in [5.74, 6) is -0.0718. The molecule has 5 heteroatoms. The summed E-state index contributed by atoms with van der Waals surface area (Å²) in [6.45, 7) is 4.73. The lowest BCUT2D eigenvalue weighted by atomic mass is 10.2. The van der Waals surface area contributed by atoms with Gasteiger partial charge in [-0.2, -0.15) is 0 Å². The van der Waals surface area contributed by atoms with Crippen LogP contribution in [0.1, 0.15) is 45.4 Å². The van der Waals surface area contributed by atoms with Gasteiger partial charge in [-0.05, 0) is 38.8 Å². The van der Waals surface area contributed by atoms with Crippen LogP contribution in [0.2, 0.25) is 0 Å². The Bertz CT molecular complexity index is 206. The monoisotopic (exact) mass is 244 g/mol. The van der Waals surface area contributed by atoms with Crippen LogP contribution in [0.5, 0.6) is 0 Å². The van der Waals surface area contributed by atoms with Crippen molar-refractivity contribution in [2.24, 2.45) is 0 Å². The Morgan fingerprint density at radius 3 is 3.00 bits per heavy atom. The fourth-order valence-corrected chi connectivity index (χ4v) is 1.66. The largest absolute Gasteiger partial charge is 0.350 e. The highest BCUT2D eigenvalue weighted by Crippen LogP contribution is 2.12. The van der Waals surface area contributed by atoms with Crippen LogP contribution < -0.4 is 10.8 Å². The molecule has 0 aromatic carbocycles. The van der Waals surface area contributed by atoms with Gasteiger partial charge < -0.3 is 10.1 Å². The van der Waals surface area contributed by atoms with Crippen LogP contribution in [0.15, 0.2) is 0 Å². The second-order valence-electron chi connectivity index (χ2n) is 4.29. The summed E-state index contributed by atoms with van der Waals surface area (Å²) in [6, 6.07) is 0. The van der Waals surface area contributed by atoms with Gasteiger partial charge in [0.2, 0.25) is 5.91 Å². The van der Waals surface area contributed by atoms with Crippen molar-refractivity contribution in [1.82, 2.24) is 10.8 Å². The molecule has 1 atom stereocenters. The minimum atomic E-state index is -0.258. The van der Waals surface area contributed by atoms with Gasteiger partial charge in [-0.25, -0.2) is 10.3 Å². The molecule has 1 amide bonds. The lowest BCUT2D eigenvalue weighted by Crippen LogP contribution is -2.33. The number of nitrogens with one attached hydrogen (secondary N) is 2. The normalized spacial score (nSPS) is 20.2. The number of ether oxygens (including phenoxy) is 1. The van der Waals surface area contributed by atoms with Crippen molar-refractivity contribution in [3.63, 3.8) is 0 Å². The molecule has 0 aromatic rings. The second kappa shape index (κ2) is 9.39. The zero-order valence-corrected chi connectivity index (χ0v) is 10.7. The highest BCUT2D eigenvalue weighted by atomic mass is 16.8. The topological polar surface area (TPSA) is 59.6 Å². The van der Waals surface area contributed by atoms with Crippen LogP contribution in [-0.4, -0.2) is 31.9 Å². The summed E-state index contributed by atoms with van der Waals surface area (Å²) in [5, 5.41) is 3.25. The molecule has 2 N–H and O–H groups in total. The summed E-state index contributed by atoms with van der Waals surface area (Å²) in [4.78, 5) is 16.6. The van der Waals surface area contributed by atoms with Crippen LogP contribution in [-0.2, 0) is 14.4 Å². The summed E-state index contributed by atoms with van der Waals surface area (Å²) < 4.78 is 5.34. The van der Waals surface area contributed by atoms with E-state index in [0.717, 1.165) is 51.8 Å². The Hall–Kier alpha value is -0.650. The highest BCUT2D eigenvalue weighted by Gasteiger charge is 2.15. The van der Waals surface area contributed by atoms with E-state index < -0.39 is 0 Å². The van der Waals surface area contributed by atoms with E-state index in [0.29, 0.717) is 6.42 Å². The molecule has 0 radical (unpaired) electrons. The predicted molar refractivity (Wildman–Crippen MR) is 65.2 cm³/mol. The fourth-order valence-electron chi connectivity index (χ4n) is 1.66. The lowest BCUT2D eigenvalue weighted by molar-refractivity contribution is -0.200. The number of hydrogen-bond acceptors (Lipinski definition) is 4. The molecule has 0 aromatic heterocycles. The second-order valence-corrected chi connectivity index (χ2v) is 4.29. The first kappa shape index (κ1) is 14.4. The van der Waals surface area contributed by atoms with E-state index in [4.69, 9.17) is 9.57 Å². The Balaban J connectivity index is 1.93. The van der Waals surface area contributed by atoms with Gasteiger partial charge >= 0.3 is 0 Å². The number of hydroxylamine groups is 1. The molecule has 5 nitrogen and oxygen atoms in total. The van der Waals surface area contributed by atoms with Crippen molar-refractivity contribution in [1.29, 1.82) is 0 Å². The predicted octanol–water partition coefficient (Wildman–Crippen LogP) is 1.34. The first-order valence-electron chi connectivity index (χ1n) is 6.59. The minimum absolute atomic E-state index is 0.0718. The van der Waals surface area contributed by atoms with Crippen LogP contribution in [0.25, 0.3) is 0 Å². The maximum Gasteiger partial charge on any atom is 0.243 e. The number of carbonyl (C=O) groups is 1. The fraction of sp³-hybridized carbons (Fsp3) is 0.917. The van der Waals surface area contributed by atoms with Crippen molar-refractivity contribution < 1.29 is 14.4 Å². The molecular formula is C12H24N2O3. The Morgan fingerprint density at radius 1 is 1.41 bits per heavy atom. The number of carbonyl (C=O) groups excluding carboxylic acids is 1. The molecular weight excluding hydrogens is 220 g/mol. The molecule has 1 aliphatic heterocycles. The Kier molecular flexibility index (Phi) is 7.96. The van der Waals surface area contributed by atoms with Crippen molar-refractivity contribution in [2.75, 3.05) is 19.7 Å². The van der Waals surface area contributed by atoms with Gasteiger partial charge in [0, 0.05) is 19.4 Å². The molecule has 1 rings (SSSR count). The van der Waals surface area contributed by atoms with E-state index in [9.17, 15) is 4.79 Å². The van der Waals surface area contributed by atoms with Crippen molar-refractivity contribution >= 4 is 5.91 Å². The molecule has 0 spiro atoms. The van der Waals surface area contributed by atoms with Crippen LogP contribution in [0, 0.1) is 0 Å². The van der Waals surface area contributed by atoms with Crippen molar-refractivity contribution in [2.45, 2.75) is 51.7 Å². The van der Waals surface area contributed by atoms with Gasteiger partial charge in [0.05, 0.1) is 0 Å². The van der Waals surface area contributed by atoms with Crippen LogP contribution in [0.3, 0.4) is 0 Å². The number of rotatable bonds is 8. The molecule has 100 valence electrons. The van der Waals surface area contributed by atoms with E-state index in [-0.39, 0.29) is 12.2 Å². The molecule has 0 saturated carbocycles. The zero-order chi connectivity index (χ0) is 12.3. The zero-order valence-electron chi connectivity index (χ0n) is 10.7. The van der Waals surface area contributed by atoms with E-state index in [1.54, 1.807) is 0 Å². The average molecular weight is 244 g/mol. The van der Waals surface area contributed by atoms with Gasteiger partial charge in [-0.3, -0.25) is 4.79 Å². The SMILES string of the molecule is CCCNCCCC(=O)NOC1CCCCO1. The summed E-state index contributed by atoms with van der Waals surface area (Å²) in [5.41, 5.74) is 2.45. The smallest absolute Gasteiger partial charge is 0.243 e. The van der Waals surface area contributed by atoms with Gasteiger partial charge in [0.25, 0.3) is 0 Å². The standard InChI is InChI=1S/C12H24N2O3/c1-2-8-13-9-5-6-11(15)14-17-12-7-3-4-10-16-12/h12-13H,2-10H2,1H3,(H,14,15). The van der Waals surface area contributed by atoms with Crippen molar-refractivity contribution in [3.05, 3.63) is 0 Å². The van der Waals surface area contributed by atoms with Crippen molar-refractivity contribution in [3.8, 4) is 0 Å². The van der Waals surface area contributed by atoms with E-state index in [2.05, 4.69) is 17.7 Å². The molecule has 0 aliphatic carbocycles. The number of hydrogen-bond donors (Lipinski definition) is 2. The maximum atomic E-state index is 11.4. The average Bonchev–Trinajstić information content (AvgIpc) is 2.37. The lowest BCUT2D eigenvalue weighted by Gasteiger charge is -2.22. The van der Waals surface area contributed by atoms with Gasteiger partial charge in [0.1, 0.15) is 0 Å². The first-order chi connectivity index (χ1) is 8.33. The molecule has 1 heterocycles. The first-order valence-corrected chi connectivity index (χ1v) is 6.59. The van der Waals surface area contributed by atoms with E-state index in [1.165, 1.54) is 0 Å². The maximum absolute atomic E-state index is 11.4. The van der Waals surface area contributed by atoms with Gasteiger partial charge in [-0.15, -0.1) is 0 Å². The molecule has 1 unspecified atom stereocenters. The Morgan fingerprint density at radius 2 is 2.29 bits per heavy atom. The molecule has 0 bridgehead atoms. The third kappa shape index (κ3) is 7.31. The molecule has 1 fully saturated rings. The quantitative estimate of drug-likeness (QED) is 0.500. The van der Waals surface area contributed by atoms with E-state index in [1.807, 2.05) is 0 Å². The van der Waals surface area contributed by atoms with E-state index >= 15 is 0 Å². The third-order valence-electron chi connectivity index (χ3n) is 2.63. The van der Waals surface area contributed by atoms with Gasteiger partial charge in [-0.1, -0.05) is 6.92 Å². The molecule has 1 saturated heterocycles. The van der Waals surface area contributed by atoms with Gasteiger partial charge in [0.15, 0.2) is 6.29 Å². The molecule has 1 aliphatic rings. The third-order valence-corrected chi connectivity index (χ3v) is 2.63. The summed E-state index contributed by atoms with van der Waals surface area (Å²) in [7, 11) is 0. The van der Waals surface area contributed by atoms with Crippen LogP contribution >= 0.6 is 0 Å². The molecule has 17 heavy (non-hydrogen) atoms. The Labute approximate surface area is 103 Å². The summed E-state index contributed by atoms with van der Waals surface area (Å²) >= 11 is 0. The number of amides is 1. The highest BCUT2D eigenvalue weighted by molar-refractivity contribution is 5.74.